The van der Waals surface area contributed by atoms with Gasteiger partial charge in [-0.3, -0.25) is 9.59 Å². The van der Waals surface area contributed by atoms with Crippen molar-refractivity contribution in [2.24, 2.45) is 5.92 Å². The molecule has 13 heteroatoms. The molecule has 0 aromatic heterocycles. The first-order valence-corrected chi connectivity index (χ1v) is 15.7. The fourth-order valence-corrected chi connectivity index (χ4v) is 6.57. The molecule has 2 heterocycles. The summed E-state index contributed by atoms with van der Waals surface area (Å²) < 4.78 is 44.4. The third-order valence-corrected chi connectivity index (χ3v) is 8.77. The molecule has 41 heavy (non-hydrogen) atoms. The molecule has 4 amide bonds. The second-order valence-corrected chi connectivity index (χ2v) is 11.7. The highest BCUT2D eigenvalue weighted by molar-refractivity contribution is 8.00. The van der Waals surface area contributed by atoms with E-state index in [0.29, 0.717) is 70.5 Å². The van der Waals surface area contributed by atoms with Crippen molar-refractivity contribution in [1.82, 2.24) is 21.3 Å². The Labute approximate surface area is 245 Å². The number of nitrogens with one attached hydrogen (secondary N) is 4. The van der Waals surface area contributed by atoms with Gasteiger partial charge in [-0.2, -0.15) is 20.5 Å². The number of ether oxygens (including phenoxy) is 3. The Balaban J connectivity index is 1.05. The molecular weight excluding hydrogens is 558 g/mol. The Morgan fingerprint density at radius 1 is 0.951 bits per heavy atom. The Morgan fingerprint density at radius 3 is 2.37 bits per heavy atom. The summed E-state index contributed by atoms with van der Waals surface area (Å²) in [7, 11) is 0. The van der Waals surface area contributed by atoms with Crippen LogP contribution in [0.4, 0.5) is 13.6 Å². The van der Waals surface area contributed by atoms with E-state index < -0.39 is 17.7 Å². The van der Waals surface area contributed by atoms with Gasteiger partial charge < -0.3 is 35.5 Å². The third kappa shape index (κ3) is 12.7. The summed E-state index contributed by atoms with van der Waals surface area (Å²) in [5, 5.41) is 11.8. The maximum Gasteiger partial charge on any atom is 0.315 e. The quantitative estimate of drug-likeness (QED) is 0.101. The minimum absolute atomic E-state index is 0.0121. The molecule has 0 aromatic rings. The molecule has 3 rings (SSSR count). The number of fused-ring (bicyclic) bond motifs is 1. The highest BCUT2D eigenvalue weighted by atomic mass is 32.2. The maximum absolute atomic E-state index is 14.1. The van der Waals surface area contributed by atoms with E-state index in [9.17, 15) is 23.2 Å². The second-order valence-electron chi connectivity index (χ2n) is 10.5. The lowest BCUT2D eigenvalue weighted by molar-refractivity contribution is -0.125. The zero-order valence-electron chi connectivity index (χ0n) is 23.7. The number of amides is 4. The molecule has 2 aliphatic heterocycles. The summed E-state index contributed by atoms with van der Waals surface area (Å²) in [6.45, 7) is 2.85. The van der Waals surface area contributed by atoms with Gasteiger partial charge in [0.15, 0.2) is 0 Å². The SMILES string of the molecule is O=C(CCCCC1SCC2NC(=O)NC21)NCCOCCOCCOCCNC(=O)CC1CCCCC#CC1(F)F. The fraction of sp³-hybridized carbons (Fsp3) is 0.821. The lowest BCUT2D eigenvalue weighted by atomic mass is 9.89. The van der Waals surface area contributed by atoms with Gasteiger partial charge in [0, 0.05) is 49.3 Å². The van der Waals surface area contributed by atoms with Gasteiger partial charge in [0.1, 0.15) is 0 Å². The maximum atomic E-state index is 14.1. The molecular formula is C28H44F2N4O6S. The predicted octanol–water partition coefficient (Wildman–Crippen LogP) is 2.21. The zero-order chi connectivity index (χ0) is 29.3. The number of urea groups is 1. The number of hydrogen-bond acceptors (Lipinski definition) is 7. The van der Waals surface area contributed by atoms with Crippen molar-refractivity contribution in [3.63, 3.8) is 0 Å². The monoisotopic (exact) mass is 602 g/mol. The molecule has 4 atom stereocenters. The zero-order valence-corrected chi connectivity index (χ0v) is 24.5. The molecule has 10 nitrogen and oxygen atoms in total. The van der Waals surface area contributed by atoms with Crippen molar-refractivity contribution in [2.75, 3.05) is 58.5 Å². The third-order valence-electron chi connectivity index (χ3n) is 7.27. The van der Waals surface area contributed by atoms with Crippen molar-refractivity contribution in [3.8, 4) is 11.8 Å². The molecule has 1 aliphatic carbocycles. The van der Waals surface area contributed by atoms with E-state index >= 15 is 0 Å². The van der Waals surface area contributed by atoms with E-state index in [1.165, 1.54) is 0 Å². The van der Waals surface area contributed by atoms with Crippen LogP contribution in [0.15, 0.2) is 0 Å². The smallest absolute Gasteiger partial charge is 0.315 e. The molecule has 3 aliphatic rings. The largest absolute Gasteiger partial charge is 0.377 e. The van der Waals surface area contributed by atoms with E-state index in [4.69, 9.17) is 14.2 Å². The summed E-state index contributed by atoms with van der Waals surface area (Å²) >= 11 is 1.88. The number of alkyl halides is 2. The summed E-state index contributed by atoms with van der Waals surface area (Å²) in [4.78, 5) is 35.5. The van der Waals surface area contributed by atoms with Gasteiger partial charge in [-0.05, 0) is 31.6 Å². The van der Waals surface area contributed by atoms with Gasteiger partial charge >= 0.3 is 12.0 Å². The summed E-state index contributed by atoms with van der Waals surface area (Å²) in [6.07, 6.45) is 5.21. The Morgan fingerprint density at radius 2 is 1.63 bits per heavy atom. The van der Waals surface area contributed by atoms with Crippen molar-refractivity contribution in [2.45, 2.75) is 81.0 Å². The minimum Gasteiger partial charge on any atom is -0.377 e. The Kier molecular flexibility index (Phi) is 15.0. The van der Waals surface area contributed by atoms with Crippen LogP contribution in [-0.2, 0) is 23.8 Å². The molecule has 0 radical (unpaired) electrons. The molecule has 2 saturated heterocycles. The van der Waals surface area contributed by atoms with Gasteiger partial charge in [-0.25, -0.2) is 4.79 Å². The second kappa shape index (κ2) is 18.4. The summed E-state index contributed by atoms with van der Waals surface area (Å²) in [5.41, 5.74) is 0. The van der Waals surface area contributed by atoms with Crippen molar-refractivity contribution >= 4 is 29.6 Å². The van der Waals surface area contributed by atoms with Crippen LogP contribution in [0.5, 0.6) is 0 Å². The topological polar surface area (TPSA) is 127 Å². The number of rotatable bonds is 19. The van der Waals surface area contributed by atoms with Crippen LogP contribution >= 0.6 is 11.8 Å². The van der Waals surface area contributed by atoms with Crippen LogP contribution < -0.4 is 21.3 Å². The summed E-state index contributed by atoms with van der Waals surface area (Å²) in [6, 6.07) is 0.365. The highest BCUT2D eigenvalue weighted by Gasteiger charge is 2.42. The van der Waals surface area contributed by atoms with E-state index in [0.717, 1.165) is 31.4 Å². The van der Waals surface area contributed by atoms with Gasteiger partial charge in [-0.15, -0.1) is 0 Å². The molecule has 0 bridgehead atoms. The number of unbranched alkanes of at least 4 members (excludes halogenated alkanes) is 1. The van der Waals surface area contributed by atoms with Crippen molar-refractivity contribution in [1.29, 1.82) is 0 Å². The molecule has 4 N–H and O–H groups in total. The molecule has 4 unspecified atom stereocenters. The Bertz CT molecular complexity index is 903. The van der Waals surface area contributed by atoms with Gasteiger partial charge in [0.05, 0.1) is 51.7 Å². The van der Waals surface area contributed by atoms with Gasteiger partial charge in [0.25, 0.3) is 0 Å². The number of halogens is 2. The number of carbonyl (C=O) groups excluding carboxylic acids is 3. The summed E-state index contributed by atoms with van der Waals surface area (Å²) in [5.74, 6) is 0.885. The lowest BCUT2D eigenvalue weighted by Gasteiger charge is -2.23. The van der Waals surface area contributed by atoms with E-state index in [-0.39, 0.29) is 43.6 Å². The van der Waals surface area contributed by atoms with Crippen molar-refractivity contribution < 1.29 is 37.4 Å². The van der Waals surface area contributed by atoms with Crippen LogP contribution in [0, 0.1) is 17.8 Å². The normalized spacial score (nSPS) is 24.7. The van der Waals surface area contributed by atoms with Crippen LogP contribution in [0.2, 0.25) is 0 Å². The van der Waals surface area contributed by atoms with Crippen LogP contribution in [-0.4, -0.2) is 99.6 Å². The number of thioether (sulfide) groups is 1. The minimum atomic E-state index is -3.13. The van der Waals surface area contributed by atoms with Gasteiger partial charge in [0.2, 0.25) is 11.8 Å². The highest BCUT2D eigenvalue weighted by Crippen LogP contribution is 2.33. The predicted molar refractivity (Wildman–Crippen MR) is 152 cm³/mol. The Hall–Kier alpha value is -2.14. The van der Waals surface area contributed by atoms with Gasteiger partial charge in [-0.1, -0.05) is 18.8 Å². The first kappa shape index (κ1) is 33.4. The molecule has 232 valence electrons. The average molecular weight is 603 g/mol. The molecule has 2 fully saturated rings. The van der Waals surface area contributed by atoms with Crippen LogP contribution in [0.1, 0.15) is 57.8 Å². The molecule has 0 spiro atoms. The fourth-order valence-electron chi connectivity index (χ4n) is 5.02. The van der Waals surface area contributed by atoms with Crippen LogP contribution in [0.25, 0.3) is 0 Å². The van der Waals surface area contributed by atoms with E-state index in [1.807, 2.05) is 17.7 Å². The van der Waals surface area contributed by atoms with Crippen LogP contribution in [0.3, 0.4) is 0 Å². The molecule has 0 saturated carbocycles. The lowest BCUT2D eigenvalue weighted by Crippen LogP contribution is -2.36. The van der Waals surface area contributed by atoms with E-state index in [1.54, 1.807) is 0 Å². The average Bonchev–Trinajstić information content (AvgIpc) is 3.48. The standard InChI is InChI=1S/C28H44F2N4O6S/c29-28(30)10-6-2-1-3-7-21(28)19-25(36)32-12-14-39-16-18-40-17-15-38-13-11-31-24(35)9-5-4-8-23-26-22(20-41-23)33-27(37)34-26/h21-23,26H,1-5,7-9,11-20H2,(H,31,35)(H,32,36)(H2,33,34,37). The number of carbonyl (C=O) groups is 3. The van der Waals surface area contributed by atoms with E-state index in [2.05, 4.69) is 27.2 Å². The van der Waals surface area contributed by atoms with Crippen molar-refractivity contribution in [3.05, 3.63) is 0 Å². The first-order chi connectivity index (χ1) is 19.8. The number of hydrogen-bond donors (Lipinski definition) is 4. The molecule has 0 aromatic carbocycles. The first-order valence-electron chi connectivity index (χ1n) is 14.7.